The molecule has 0 saturated heterocycles. The van der Waals surface area contributed by atoms with Gasteiger partial charge in [0.15, 0.2) is 0 Å². The van der Waals surface area contributed by atoms with Gasteiger partial charge in [-0.25, -0.2) is 18.1 Å². The van der Waals surface area contributed by atoms with Gasteiger partial charge in [-0.05, 0) is 61.8 Å². The maximum atomic E-state index is 13.3. The van der Waals surface area contributed by atoms with Crippen LogP contribution in [0, 0.1) is 11.8 Å². The summed E-state index contributed by atoms with van der Waals surface area (Å²) in [5.41, 5.74) is 5.28. The summed E-state index contributed by atoms with van der Waals surface area (Å²) in [6.07, 6.45) is -1.46. The minimum atomic E-state index is -4.74. The van der Waals surface area contributed by atoms with Gasteiger partial charge in [-0.3, -0.25) is 0 Å². The summed E-state index contributed by atoms with van der Waals surface area (Å²) < 4.78 is 67.4. The number of alkyl halides is 3. The van der Waals surface area contributed by atoms with E-state index in [0.29, 0.717) is 31.5 Å². The number of para-hydroxylation sites is 1. The lowest BCUT2D eigenvalue weighted by Crippen LogP contribution is -2.33. The summed E-state index contributed by atoms with van der Waals surface area (Å²) in [7, 11) is -4.27. The number of hydrogen-bond donors (Lipinski definition) is 4. The summed E-state index contributed by atoms with van der Waals surface area (Å²) in [6, 6.07) is 12.0. The van der Waals surface area contributed by atoms with Crippen LogP contribution in [0.25, 0.3) is 10.9 Å². The first-order chi connectivity index (χ1) is 17.7. The Balaban J connectivity index is 1.30. The standard InChI is InChI=1S/C25H31F3N6O2S/c26-25(27,28)20-6-2-4-8-22(20)37(35,36)32-16-18-11-9-17(10-12-18)15-31-24-33-21-7-3-1-5-19(21)23(34-24)30-14-13-29/h1-8,17-18,32H,9-16,29H2,(H2,30,31,33,34)/t17-,18-. The zero-order valence-corrected chi connectivity index (χ0v) is 21.1. The highest BCUT2D eigenvalue weighted by Gasteiger charge is 2.37. The Hall–Kier alpha value is -2.96. The van der Waals surface area contributed by atoms with Gasteiger partial charge in [-0.1, -0.05) is 24.3 Å². The van der Waals surface area contributed by atoms with E-state index < -0.39 is 26.7 Å². The highest BCUT2D eigenvalue weighted by molar-refractivity contribution is 7.89. The second kappa shape index (κ2) is 11.6. The Bertz CT molecular complexity index is 1310. The van der Waals surface area contributed by atoms with Gasteiger partial charge in [0.25, 0.3) is 0 Å². The number of fused-ring (bicyclic) bond motifs is 1. The number of sulfonamides is 1. The second-order valence-corrected chi connectivity index (χ2v) is 11.0. The third-order valence-corrected chi connectivity index (χ3v) is 8.08. The van der Waals surface area contributed by atoms with Crippen LogP contribution < -0.4 is 21.1 Å². The molecular weight excluding hydrogens is 505 g/mol. The van der Waals surface area contributed by atoms with Crippen molar-refractivity contribution in [2.24, 2.45) is 17.6 Å². The van der Waals surface area contributed by atoms with E-state index in [1.807, 2.05) is 24.3 Å². The number of hydrogen-bond acceptors (Lipinski definition) is 7. The summed E-state index contributed by atoms with van der Waals surface area (Å²) in [4.78, 5) is 8.46. The van der Waals surface area contributed by atoms with Crippen molar-refractivity contribution in [3.63, 3.8) is 0 Å². The van der Waals surface area contributed by atoms with Crippen LogP contribution in [-0.2, 0) is 16.2 Å². The number of nitrogens with one attached hydrogen (secondary N) is 3. The van der Waals surface area contributed by atoms with E-state index in [-0.39, 0.29) is 12.5 Å². The molecule has 200 valence electrons. The van der Waals surface area contributed by atoms with E-state index in [2.05, 4.69) is 25.3 Å². The summed E-state index contributed by atoms with van der Waals surface area (Å²) in [5, 5.41) is 7.48. The average Bonchev–Trinajstić information content (AvgIpc) is 2.89. The van der Waals surface area contributed by atoms with Crippen LogP contribution in [0.15, 0.2) is 53.4 Å². The van der Waals surface area contributed by atoms with Crippen molar-refractivity contribution >= 4 is 32.7 Å². The highest BCUT2D eigenvalue weighted by atomic mass is 32.2. The molecule has 0 unspecified atom stereocenters. The normalized spacial score (nSPS) is 18.6. The first-order valence-electron chi connectivity index (χ1n) is 12.3. The van der Waals surface area contributed by atoms with E-state index in [1.54, 1.807) is 0 Å². The van der Waals surface area contributed by atoms with Gasteiger partial charge < -0.3 is 16.4 Å². The molecule has 1 aromatic heterocycles. The molecular formula is C25H31F3N6O2S. The molecule has 37 heavy (non-hydrogen) atoms. The third kappa shape index (κ3) is 6.88. The molecule has 1 heterocycles. The Kier molecular flexibility index (Phi) is 8.50. The second-order valence-electron chi connectivity index (χ2n) is 9.24. The van der Waals surface area contributed by atoms with Gasteiger partial charge in [0.1, 0.15) is 5.82 Å². The number of nitrogens with zero attached hydrogens (tertiary/aromatic N) is 2. The molecule has 8 nitrogen and oxygen atoms in total. The van der Waals surface area contributed by atoms with Crippen LogP contribution in [0.3, 0.4) is 0 Å². The van der Waals surface area contributed by atoms with Crippen molar-refractivity contribution in [2.45, 2.75) is 36.8 Å². The van der Waals surface area contributed by atoms with Crippen molar-refractivity contribution in [1.29, 1.82) is 0 Å². The molecule has 0 amide bonds. The van der Waals surface area contributed by atoms with Crippen molar-refractivity contribution < 1.29 is 21.6 Å². The molecule has 0 aliphatic heterocycles. The largest absolute Gasteiger partial charge is 0.417 e. The molecule has 0 bridgehead atoms. The van der Waals surface area contributed by atoms with Gasteiger partial charge >= 0.3 is 6.18 Å². The van der Waals surface area contributed by atoms with Crippen LogP contribution in [0.4, 0.5) is 24.9 Å². The first kappa shape index (κ1) is 27.1. The molecule has 1 fully saturated rings. The molecule has 2 aromatic carbocycles. The summed E-state index contributed by atoms with van der Waals surface area (Å²) >= 11 is 0. The number of anilines is 2. The molecule has 0 atom stereocenters. The van der Waals surface area contributed by atoms with Crippen molar-refractivity contribution in [2.75, 3.05) is 36.8 Å². The van der Waals surface area contributed by atoms with Gasteiger partial charge in [-0.15, -0.1) is 0 Å². The minimum Gasteiger partial charge on any atom is -0.368 e. The number of halogens is 3. The van der Waals surface area contributed by atoms with E-state index in [4.69, 9.17) is 5.73 Å². The lowest BCUT2D eigenvalue weighted by Gasteiger charge is -2.29. The Morgan fingerprint density at radius 1 is 0.892 bits per heavy atom. The van der Waals surface area contributed by atoms with Gasteiger partial charge in [0, 0.05) is 31.6 Å². The van der Waals surface area contributed by atoms with Crippen molar-refractivity contribution in [1.82, 2.24) is 14.7 Å². The SMILES string of the molecule is NCCNc1nc(NC[C@H]2CC[C@H](CNS(=O)(=O)c3ccccc3C(F)(F)F)CC2)nc2ccccc12. The van der Waals surface area contributed by atoms with Crippen molar-refractivity contribution in [3.8, 4) is 0 Å². The fraction of sp³-hybridized carbons (Fsp3) is 0.440. The van der Waals surface area contributed by atoms with Crippen molar-refractivity contribution in [3.05, 3.63) is 54.1 Å². The highest BCUT2D eigenvalue weighted by Crippen LogP contribution is 2.34. The van der Waals surface area contributed by atoms with Gasteiger partial charge in [0.05, 0.1) is 16.0 Å². The van der Waals surface area contributed by atoms with Crippen LogP contribution in [-0.4, -0.2) is 44.6 Å². The Labute approximate surface area is 214 Å². The average molecular weight is 537 g/mol. The molecule has 4 rings (SSSR count). The van der Waals surface area contributed by atoms with Crippen LogP contribution >= 0.6 is 0 Å². The quantitative estimate of drug-likeness (QED) is 0.306. The first-order valence-corrected chi connectivity index (χ1v) is 13.8. The van der Waals surface area contributed by atoms with Crippen LogP contribution in [0.1, 0.15) is 31.2 Å². The fourth-order valence-electron chi connectivity index (χ4n) is 4.60. The molecule has 0 spiro atoms. The van der Waals surface area contributed by atoms with Gasteiger partial charge in [-0.2, -0.15) is 18.2 Å². The number of nitrogens with two attached hydrogens (primary N) is 1. The minimum absolute atomic E-state index is 0.0630. The number of aromatic nitrogens is 2. The van der Waals surface area contributed by atoms with E-state index in [0.717, 1.165) is 54.5 Å². The zero-order valence-electron chi connectivity index (χ0n) is 20.3. The van der Waals surface area contributed by atoms with Crippen LogP contribution in [0.2, 0.25) is 0 Å². The van der Waals surface area contributed by atoms with Crippen LogP contribution in [0.5, 0.6) is 0 Å². The molecule has 1 aliphatic rings. The van der Waals surface area contributed by atoms with Gasteiger partial charge in [0.2, 0.25) is 16.0 Å². The Morgan fingerprint density at radius 2 is 1.54 bits per heavy atom. The predicted octanol–water partition coefficient (Wildman–Crippen LogP) is 4.22. The lowest BCUT2D eigenvalue weighted by atomic mass is 9.82. The van der Waals surface area contributed by atoms with E-state index in [9.17, 15) is 21.6 Å². The monoisotopic (exact) mass is 536 g/mol. The Morgan fingerprint density at radius 3 is 2.24 bits per heavy atom. The smallest absolute Gasteiger partial charge is 0.368 e. The molecule has 1 aliphatic carbocycles. The van der Waals surface area contributed by atoms with E-state index >= 15 is 0 Å². The lowest BCUT2D eigenvalue weighted by molar-refractivity contribution is -0.139. The molecule has 12 heteroatoms. The maximum Gasteiger partial charge on any atom is 0.417 e. The number of rotatable bonds is 10. The molecule has 5 N–H and O–H groups in total. The summed E-state index contributed by atoms with van der Waals surface area (Å²) in [6.45, 7) is 1.86. The molecule has 3 aromatic rings. The molecule has 1 saturated carbocycles. The topological polar surface area (TPSA) is 122 Å². The summed E-state index contributed by atoms with van der Waals surface area (Å²) in [5.74, 6) is 1.67. The zero-order chi connectivity index (χ0) is 26.5. The number of benzene rings is 2. The molecule has 0 radical (unpaired) electrons. The fourth-order valence-corrected chi connectivity index (χ4v) is 5.94. The predicted molar refractivity (Wildman–Crippen MR) is 138 cm³/mol. The van der Waals surface area contributed by atoms with E-state index in [1.165, 1.54) is 12.1 Å². The third-order valence-electron chi connectivity index (χ3n) is 6.60. The maximum absolute atomic E-state index is 13.3.